The molecule has 4 rings (SSSR count). The van der Waals surface area contributed by atoms with E-state index in [4.69, 9.17) is 0 Å². The Kier molecular flexibility index (Phi) is 3.04. The molecule has 0 saturated heterocycles. The third kappa shape index (κ3) is 2.52. The summed E-state index contributed by atoms with van der Waals surface area (Å²) < 4.78 is 15.8. The number of imidazole rings is 1. The molecule has 0 bridgehead atoms. The summed E-state index contributed by atoms with van der Waals surface area (Å²) in [6.07, 6.45) is 6.07. The van der Waals surface area contributed by atoms with Crippen molar-refractivity contribution in [2.24, 2.45) is 7.05 Å². The van der Waals surface area contributed by atoms with Gasteiger partial charge in [0, 0.05) is 29.9 Å². The summed E-state index contributed by atoms with van der Waals surface area (Å²) in [5.41, 5.74) is 1.09. The van der Waals surface area contributed by atoms with Crippen LogP contribution in [-0.2, 0) is 18.3 Å². The molecule has 0 aliphatic heterocycles. The van der Waals surface area contributed by atoms with Gasteiger partial charge < -0.3 is 4.57 Å². The molecule has 1 aliphatic rings. The van der Waals surface area contributed by atoms with Crippen molar-refractivity contribution in [3.05, 3.63) is 48.7 Å². The molecule has 23 heavy (non-hydrogen) atoms. The third-order valence-electron chi connectivity index (χ3n) is 4.42. The van der Waals surface area contributed by atoms with Crippen LogP contribution < -0.4 is 0 Å². The average molecular weight is 309 g/mol. The van der Waals surface area contributed by atoms with E-state index in [0.29, 0.717) is 18.5 Å². The van der Waals surface area contributed by atoms with Crippen molar-refractivity contribution in [3.8, 4) is 11.3 Å². The number of aromatic nitrogens is 3. The molecule has 0 radical (unpaired) electrons. The summed E-state index contributed by atoms with van der Waals surface area (Å²) in [6, 6.07) is 7.93. The van der Waals surface area contributed by atoms with Crippen LogP contribution in [-0.4, -0.2) is 26.0 Å². The number of carbonyl (C=O) groups excluding carboxylic acids is 1. The zero-order valence-corrected chi connectivity index (χ0v) is 12.8. The number of ketones is 1. The summed E-state index contributed by atoms with van der Waals surface area (Å²) in [6.45, 7) is 0. The Bertz CT molecular complexity index is 912. The SMILES string of the molecule is Cn1cncc1-c1ccc2cnc(CC(=O)C3(F)CC3)cc2c1. The Labute approximate surface area is 133 Å². The lowest BCUT2D eigenvalue weighted by atomic mass is 10.0. The van der Waals surface area contributed by atoms with Gasteiger partial charge in [-0.25, -0.2) is 9.37 Å². The number of fused-ring (bicyclic) bond motifs is 1. The molecule has 2 aromatic heterocycles. The second-order valence-corrected chi connectivity index (χ2v) is 6.19. The van der Waals surface area contributed by atoms with Gasteiger partial charge in [0.05, 0.1) is 24.6 Å². The fourth-order valence-corrected chi connectivity index (χ4v) is 2.79. The third-order valence-corrected chi connectivity index (χ3v) is 4.42. The molecule has 0 unspecified atom stereocenters. The van der Waals surface area contributed by atoms with Gasteiger partial charge in [0.1, 0.15) is 0 Å². The van der Waals surface area contributed by atoms with E-state index in [1.54, 1.807) is 12.5 Å². The molecule has 1 aliphatic carbocycles. The number of halogens is 1. The first-order chi connectivity index (χ1) is 11.0. The van der Waals surface area contributed by atoms with Crippen molar-refractivity contribution >= 4 is 16.6 Å². The van der Waals surface area contributed by atoms with Gasteiger partial charge in [0.2, 0.25) is 0 Å². The van der Waals surface area contributed by atoms with Crippen LogP contribution in [0.15, 0.2) is 43.0 Å². The van der Waals surface area contributed by atoms with Crippen LogP contribution in [0.3, 0.4) is 0 Å². The van der Waals surface area contributed by atoms with Crippen LogP contribution in [0.1, 0.15) is 18.5 Å². The van der Waals surface area contributed by atoms with E-state index in [-0.39, 0.29) is 12.2 Å². The summed E-state index contributed by atoms with van der Waals surface area (Å²) in [4.78, 5) is 20.3. The number of aryl methyl sites for hydroxylation is 1. The lowest BCUT2D eigenvalue weighted by molar-refractivity contribution is -0.124. The maximum Gasteiger partial charge on any atom is 0.175 e. The fourth-order valence-electron chi connectivity index (χ4n) is 2.79. The van der Waals surface area contributed by atoms with E-state index in [9.17, 15) is 9.18 Å². The van der Waals surface area contributed by atoms with Crippen molar-refractivity contribution in [2.45, 2.75) is 24.9 Å². The molecule has 0 atom stereocenters. The highest BCUT2D eigenvalue weighted by molar-refractivity contribution is 5.92. The van der Waals surface area contributed by atoms with Gasteiger partial charge in [-0.3, -0.25) is 9.78 Å². The molecule has 0 spiro atoms. The summed E-state index contributed by atoms with van der Waals surface area (Å²) >= 11 is 0. The lowest BCUT2D eigenvalue weighted by Gasteiger charge is -2.07. The molecule has 1 saturated carbocycles. The minimum absolute atomic E-state index is 0.0579. The average Bonchev–Trinajstić information content (AvgIpc) is 3.15. The zero-order chi connectivity index (χ0) is 16.0. The van der Waals surface area contributed by atoms with E-state index in [1.807, 2.05) is 42.1 Å². The zero-order valence-electron chi connectivity index (χ0n) is 12.8. The molecule has 2 heterocycles. The number of benzene rings is 1. The molecule has 4 nitrogen and oxygen atoms in total. The van der Waals surface area contributed by atoms with Gasteiger partial charge in [-0.05, 0) is 30.4 Å². The van der Waals surface area contributed by atoms with Gasteiger partial charge in [0.15, 0.2) is 11.5 Å². The molecule has 3 aromatic rings. The standard InChI is InChI=1S/C18H16FN3O/c1-22-11-20-10-16(22)12-2-3-13-9-21-15(7-14(13)6-12)8-17(23)18(19)4-5-18/h2-3,6-7,9-11H,4-5,8H2,1H3. The number of hydrogen-bond donors (Lipinski definition) is 0. The van der Waals surface area contributed by atoms with Crippen molar-refractivity contribution in [3.63, 3.8) is 0 Å². The highest BCUT2D eigenvalue weighted by Crippen LogP contribution is 2.41. The molecular formula is C18H16FN3O. The molecule has 0 N–H and O–H groups in total. The van der Waals surface area contributed by atoms with Gasteiger partial charge in [-0.15, -0.1) is 0 Å². The second kappa shape index (κ2) is 4.98. The lowest BCUT2D eigenvalue weighted by Crippen LogP contribution is -2.19. The normalized spacial score (nSPS) is 15.7. The molecule has 0 amide bonds. The Morgan fingerprint density at radius 3 is 2.78 bits per heavy atom. The first-order valence-electron chi connectivity index (χ1n) is 7.63. The maximum atomic E-state index is 13.8. The largest absolute Gasteiger partial charge is 0.334 e. The Balaban J connectivity index is 1.69. The van der Waals surface area contributed by atoms with Crippen molar-refractivity contribution < 1.29 is 9.18 Å². The van der Waals surface area contributed by atoms with Gasteiger partial charge >= 0.3 is 0 Å². The molecule has 1 fully saturated rings. The maximum absolute atomic E-state index is 13.8. The fraction of sp³-hybridized carbons (Fsp3) is 0.278. The number of rotatable bonds is 4. The van der Waals surface area contributed by atoms with Crippen molar-refractivity contribution in [1.82, 2.24) is 14.5 Å². The van der Waals surface area contributed by atoms with Crippen LogP contribution in [0.5, 0.6) is 0 Å². The van der Waals surface area contributed by atoms with E-state index >= 15 is 0 Å². The number of Topliss-reactive ketones (excluding diaryl/α,β-unsaturated/α-hetero) is 1. The van der Waals surface area contributed by atoms with Crippen LogP contribution in [0.25, 0.3) is 22.0 Å². The van der Waals surface area contributed by atoms with Crippen LogP contribution in [0, 0.1) is 0 Å². The first-order valence-corrected chi connectivity index (χ1v) is 7.63. The smallest absolute Gasteiger partial charge is 0.175 e. The topological polar surface area (TPSA) is 47.8 Å². The second-order valence-electron chi connectivity index (χ2n) is 6.19. The summed E-state index contributed by atoms with van der Waals surface area (Å²) in [7, 11) is 1.94. The van der Waals surface area contributed by atoms with E-state index < -0.39 is 5.67 Å². The first kappa shape index (κ1) is 14.1. The molecule has 1 aromatic carbocycles. The van der Waals surface area contributed by atoms with E-state index in [0.717, 1.165) is 22.0 Å². The highest BCUT2D eigenvalue weighted by atomic mass is 19.1. The minimum atomic E-state index is -1.59. The number of carbonyl (C=O) groups is 1. The number of alkyl halides is 1. The van der Waals surface area contributed by atoms with Crippen LogP contribution in [0.2, 0.25) is 0 Å². The number of pyridine rings is 1. The van der Waals surface area contributed by atoms with E-state index in [2.05, 4.69) is 9.97 Å². The summed E-state index contributed by atoms with van der Waals surface area (Å²) in [5.74, 6) is -0.355. The molecule has 5 heteroatoms. The van der Waals surface area contributed by atoms with Crippen LogP contribution >= 0.6 is 0 Å². The van der Waals surface area contributed by atoms with Gasteiger partial charge in [-0.2, -0.15) is 0 Å². The Morgan fingerprint density at radius 2 is 2.09 bits per heavy atom. The van der Waals surface area contributed by atoms with Crippen molar-refractivity contribution in [1.29, 1.82) is 0 Å². The Hall–Kier alpha value is -2.56. The summed E-state index contributed by atoms with van der Waals surface area (Å²) in [5, 5.41) is 1.98. The molecule has 116 valence electrons. The molecular weight excluding hydrogens is 293 g/mol. The minimum Gasteiger partial charge on any atom is -0.334 e. The Morgan fingerprint density at radius 1 is 1.26 bits per heavy atom. The van der Waals surface area contributed by atoms with Gasteiger partial charge in [-0.1, -0.05) is 12.1 Å². The van der Waals surface area contributed by atoms with Crippen LogP contribution in [0.4, 0.5) is 4.39 Å². The quantitative estimate of drug-likeness (QED) is 0.743. The predicted octanol–water partition coefficient (Wildman–Crippen LogP) is 3.25. The number of hydrogen-bond acceptors (Lipinski definition) is 3. The predicted molar refractivity (Wildman–Crippen MR) is 85.7 cm³/mol. The van der Waals surface area contributed by atoms with E-state index in [1.165, 1.54) is 0 Å². The number of nitrogens with zero attached hydrogens (tertiary/aromatic N) is 3. The van der Waals surface area contributed by atoms with Crippen molar-refractivity contribution in [2.75, 3.05) is 0 Å². The highest BCUT2D eigenvalue weighted by Gasteiger charge is 2.49. The van der Waals surface area contributed by atoms with Gasteiger partial charge in [0.25, 0.3) is 0 Å². The monoisotopic (exact) mass is 309 g/mol.